The van der Waals surface area contributed by atoms with Gasteiger partial charge in [-0.15, -0.1) is 0 Å². The molecule has 0 saturated heterocycles. The van der Waals surface area contributed by atoms with Gasteiger partial charge in [-0.2, -0.15) is 0 Å². The lowest BCUT2D eigenvalue weighted by atomic mass is 9.97. The van der Waals surface area contributed by atoms with E-state index in [0.29, 0.717) is 6.54 Å². The van der Waals surface area contributed by atoms with Crippen LogP contribution in [0.1, 0.15) is 54.6 Å². The van der Waals surface area contributed by atoms with Gasteiger partial charge in [-0.05, 0) is 56.3 Å². The minimum absolute atomic E-state index is 0.0678. The quantitative estimate of drug-likeness (QED) is 0.579. The van der Waals surface area contributed by atoms with Crippen molar-refractivity contribution in [2.45, 2.75) is 50.3 Å². The minimum atomic E-state index is -0.454. The molecule has 1 unspecified atom stereocenters. The third-order valence-corrected chi connectivity index (χ3v) is 6.90. The van der Waals surface area contributed by atoms with E-state index in [4.69, 9.17) is 4.74 Å². The van der Waals surface area contributed by atoms with E-state index in [0.717, 1.165) is 44.2 Å². The van der Waals surface area contributed by atoms with Gasteiger partial charge in [0.25, 0.3) is 0 Å². The molecule has 2 aliphatic rings. The number of esters is 1. The van der Waals surface area contributed by atoms with Gasteiger partial charge in [-0.25, -0.2) is 4.79 Å². The molecule has 0 radical (unpaired) electrons. The summed E-state index contributed by atoms with van der Waals surface area (Å²) in [6.45, 7) is 1.68. The molecule has 2 heterocycles. The van der Waals surface area contributed by atoms with E-state index in [1.807, 2.05) is 30.3 Å². The van der Waals surface area contributed by atoms with Gasteiger partial charge in [0.15, 0.2) is 0 Å². The Balaban J connectivity index is 1.38. The molecule has 2 N–H and O–H groups in total. The fraction of sp³-hybridized carbons (Fsp3) is 0.423. The molecule has 3 aromatic rings. The van der Waals surface area contributed by atoms with Crippen LogP contribution in [0, 0.1) is 0 Å². The summed E-state index contributed by atoms with van der Waals surface area (Å²) in [4.78, 5) is 19.2. The van der Waals surface area contributed by atoms with Crippen molar-refractivity contribution in [2.24, 2.45) is 0 Å². The first-order chi connectivity index (χ1) is 15.2. The Labute approximate surface area is 183 Å². The van der Waals surface area contributed by atoms with Gasteiger partial charge in [0.05, 0.1) is 6.04 Å². The monoisotopic (exact) mass is 417 g/mol. The highest BCUT2D eigenvalue weighted by molar-refractivity contribution is 5.85. The first-order valence-corrected chi connectivity index (χ1v) is 11.5. The number of hydrogen-bond donors (Lipinski definition) is 2. The molecular formula is C26H31N3O2. The average Bonchev–Trinajstić information content (AvgIpc) is 3.43. The number of carbonyl (C=O) groups is 1. The third-order valence-electron chi connectivity index (χ3n) is 6.90. The zero-order valence-corrected chi connectivity index (χ0v) is 18.1. The van der Waals surface area contributed by atoms with E-state index in [2.05, 4.69) is 46.5 Å². The van der Waals surface area contributed by atoms with Crippen LogP contribution in [0.15, 0.2) is 54.6 Å². The van der Waals surface area contributed by atoms with Gasteiger partial charge in [0.1, 0.15) is 12.1 Å². The van der Waals surface area contributed by atoms with Gasteiger partial charge in [-0.3, -0.25) is 10.2 Å². The third kappa shape index (κ3) is 4.12. The highest BCUT2D eigenvalue weighted by atomic mass is 16.5. The number of H-pyrrole nitrogens is 1. The van der Waals surface area contributed by atoms with Gasteiger partial charge < -0.3 is 9.72 Å². The number of hydrogen-bond acceptors (Lipinski definition) is 4. The lowest BCUT2D eigenvalue weighted by molar-refractivity contribution is -0.151. The molecule has 31 heavy (non-hydrogen) atoms. The van der Waals surface area contributed by atoms with Crippen LogP contribution in [0.25, 0.3) is 10.9 Å². The predicted octanol–water partition coefficient (Wildman–Crippen LogP) is 4.51. The molecule has 1 aliphatic carbocycles. The van der Waals surface area contributed by atoms with E-state index >= 15 is 0 Å². The summed E-state index contributed by atoms with van der Waals surface area (Å²) >= 11 is 0. The summed E-state index contributed by atoms with van der Waals surface area (Å²) in [5.41, 5.74) is 4.82. The smallest absolute Gasteiger partial charge is 0.328 e. The summed E-state index contributed by atoms with van der Waals surface area (Å²) in [5.74, 6) is -0.159. The van der Waals surface area contributed by atoms with Crippen LogP contribution >= 0.6 is 0 Å². The number of rotatable bonds is 6. The second-order valence-corrected chi connectivity index (χ2v) is 8.90. The van der Waals surface area contributed by atoms with Crippen molar-refractivity contribution in [3.8, 4) is 0 Å². The Hall–Kier alpha value is -2.63. The number of fused-ring (bicyclic) bond motifs is 3. The molecule has 0 spiro atoms. The molecular weight excluding hydrogens is 386 g/mol. The highest BCUT2D eigenvalue weighted by Gasteiger charge is 2.31. The van der Waals surface area contributed by atoms with Gasteiger partial charge in [0.2, 0.25) is 0 Å². The van der Waals surface area contributed by atoms with Crippen LogP contribution in [0.2, 0.25) is 0 Å². The summed E-state index contributed by atoms with van der Waals surface area (Å²) in [6.07, 6.45) is 5.37. The summed E-state index contributed by atoms with van der Waals surface area (Å²) < 4.78 is 5.89. The van der Waals surface area contributed by atoms with Crippen molar-refractivity contribution in [3.05, 3.63) is 71.4 Å². The van der Waals surface area contributed by atoms with Gasteiger partial charge >= 0.3 is 5.97 Å². The lowest BCUT2D eigenvalue weighted by Crippen LogP contribution is -2.41. The second-order valence-electron chi connectivity index (χ2n) is 8.90. The van der Waals surface area contributed by atoms with Crippen molar-refractivity contribution in [3.63, 3.8) is 0 Å². The number of aromatic amines is 1. The van der Waals surface area contributed by atoms with Gasteiger partial charge in [0, 0.05) is 29.7 Å². The molecule has 5 nitrogen and oxygen atoms in total. The summed E-state index contributed by atoms with van der Waals surface area (Å²) in [7, 11) is 2.16. The second kappa shape index (κ2) is 8.85. The van der Waals surface area contributed by atoms with Crippen molar-refractivity contribution in [1.82, 2.24) is 15.2 Å². The Morgan fingerprint density at radius 1 is 1.13 bits per heavy atom. The molecule has 1 fully saturated rings. The zero-order valence-electron chi connectivity index (χ0n) is 18.1. The van der Waals surface area contributed by atoms with Crippen molar-refractivity contribution < 1.29 is 9.53 Å². The number of para-hydroxylation sites is 1. The Morgan fingerprint density at radius 2 is 1.87 bits per heavy atom. The van der Waals surface area contributed by atoms with Crippen molar-refractivity contribution in [2.75, 3.05) is 20.1 Å². The fourth-order valence-electron chi connectivity index (χ4n) is 5.15. The van der Waals surface area contributed by atoms with Crippen LogP contribution < -0.4 is 5.32 Å². The Kier molecular flexibility index (Phi) is 5.79. The molecule has 1 saturated carbocycles. The minimum Gasteiger partial charge on any atom is -0.461 e. The van der Waals surface area contributed by atoms with Crippen LogP contribution in [0.5, 0.6) is 0 Å². The summed E-state index contributed by atoms with van der Waals surface area (Å²) in [5, 5.41) is 4.87. The van der Waals surface area contributed by atoms with E-state index in [1.54, 1.807) is 0 Å². The average molecular weight is 418 g/mol. The molecule has 0 bridgehead atoms. The Bertz CT molecular complexity index is 1040. The van der Waals surface area contributed by atoms with E-state index in [1.165, 1.54) is 22.2 Å². The molecule has 0 amide bonds. The molecule has 1 aromatic heterocycles. The number of nitrogens with one attached hydrogen (secondary N) is 2. The molecule has 5 heteroatoms. The fourth-order valence-corrected chi connectivity index (χ4v) is 5.15. The maximum absolute atomic E-state index is 13.1. The van der Waals surface area contributed by atoms with Crippen LogP contribution in [0.4, 0.5) is 0 Å². The van der Waals surface area contributed by atoms with Crippen LogP contribution in [-0.4, -0.2) is 42.1 Å². The SMILES string of the molecule is CN1CCc2c([nH]c3ccccc23)C1CN[C@H](C(=O)OC1CCCC1)c1ccccc1. The predicted molar refractivity (Wildman–Crippen MR) is 123 cm³/mol. The van der Waals surface area contributed by atoms with Crippen LogP contribution in [-0.2, 0) is 16.0 Å². The number of aromatic nitrogens is 1. The lowest BCUT2D eigenvalue weighted by Gasteiger charge is -2.34. The number of ether oxygens (including phenoxy) is 1. The van der Waals surface area contributed by atoms with Crippen LogP contribution in [0.3, 0.4) is 0 Å². The topological polar surface area (TPSA) is 57.4 Å². The highest BCUT2D eigenvalue weighted by Crippen LogP contribution is 2.34. The van der Waals surface area contributed by atoms with E-state index in [9.17, 15) is 4.79 Å². The molecule has 2 atom stereocenters. The number of likely N-dealkylation sites (N-methyl/N-ethyl adjacent to an activating group) is 1. The molecule has 5 rings (SSSR count). The largest absolute Gasteiger partial charge is 0.461 e. The first kappa shape index (κ1) is 20.3. The van der Waals surface area contributed by atoms with E-state index < -0.39 is 6.04 Å². The first-order valence-electron chi connectivity index (χ1n) is 11.5. The van der Waals surface area contributed by atoms with Gasteiger partial charge in [-0.1, -0.05) is 48.5 Å². The zero-order chi connectivity index (χ0) is 21.2. The Morgan fingerprint density at radius 3 is 2.68 bits per heavy atom. The van der Waals surface area contributed by atoms with E-state index in [-0.39, 0.29) is 18.1 Å². The number of carbonyl (C=O) groups excluding carboxylic acids is 1. The molecule has 2 aromatic carbocycles. The number of benzene rings is 2. The maximum Gasteiger partial charge on any atom is 0.328 e. The van der Waals surface area contributed by atoms with Crippen molar-refractivity contribution >= 4 is 16.9 Å². The summed E-state index contributed by atoms with van der Waals surface area (Å²) in [6, 6.07) is 18.2. The standard InChI is InChI=1S/C26H31N3O2/c1-29-16-15-21-20-13-7-8-14-22(20)28-25(21)23(29)17-27-24(18-9-3-2-4-10-18)26(30)31-19-11-5-6-12-19/h2-4,7-10,13-14,19,23-24,27-28H,5-6,11-12,15-17H2,1H3/t23?,24-/m0/s1. The van der Waals surface area contributed by atoms with Crippen molar-refractivity contribution in [1.29, 1.82) is 0 Å². The molecule has 162 valence electrons. The number of nitrogens with zero attached hydrogens (tertiary/aromatic N) is 1. The molecule has 1 aliphatic heterocycles. The maximum atomic E-state index is 13.1. The normalized spacial score (nSPS) is 20.6.